The number of rotatable bonds is 2. The van der Waals surface area contributed by atoms with Gasteiger partial charge in [-0.05, 0) is 45.8 Å². The Bertz CT molecular complexity index is 751. The lowest BCUT2D eigenvalue weighted by molar-refractivity contribution is -0.274. The van der Waals surface area contributed by atoms with Crippen LogP contribution in [0.2, 0.25) is 0 Å². The van der Waals surface area contributed by atoms with Gasteiger partial charge in [0, 0.05) is 0 Å². The van der Waals surface area contributed by atoms with Crippen LogP contribution in [0.25, 0.3) is 11.3 Å². The lowest BCUT2D eigenvalue weighted by Gasteiger charge is -2.09. The number of nitrogens with zero attached hydrogens (tertiary/aromatic N) is 2. The first-order chi connectivity index (χ1) is 9.85. The molecule has 0 aliphatic carbocycles. The van der Waals surface area contributed by atoms with Crippen molar-refractivity contribution in [3.8, 4) is 29.1 Å². The third kappa shape index (κ3) is 3.18. The summed E-state index contributed by atoms with van der Waals surface area (Å²) < 4.78 is 40.3. The predicted molar refractivity (Wildman–Crippen MR) is 70.0 cm³/mol. The van der Waals surface area contributed by atoms with E-state index >= 15 is 0 Å². The summed E-state index contributed by atoms with van der Waals surface area (Å²) in [5.41, 5.74) is 1.18. The maximum absolute atomic E-state index is 12.1. The molecule has 0 fully saturated rings. The molecule has 106 valence electrons. The van der Waals surface area contributed by atoms with E-state index in [1.54, 1.807) is 0 Å². The summed E-state index contributed by atoms with van der Waals surface area (Å²) in [6.07, 6.45) is -4.76. The maximum Gasteiger partial charge on any atom is 0.573 e. The Labute approximate surface area is 125 Å². The molecular formula is C13H5BrF3N3O. The standard InChI is InChI=1S/C13H5BrF3N3O/c14-11-9(5-18)12(20-10(11)6-19)7-1-3-8(4-2-7)21-13(15,16)17/h1-4,20H. The number of hydrogen-bond acceptors (Lipinski definition) is 3. The van der Waals surface area contributed by atoms with Gasteiger partial charge in [0.15, 0.2) is 0 Å². The van der Waals surface area contributed by atoms with E-state index in [1.807, 2.05) is 12.1 Å². The summed E-state index contributed by atoms with van der Waals surface area (Å²) in [6, 6.07) is 8.79. The number of aromatic nitrogens is 1. The average Bonchev–Trinajstić information content (AvgIpc) is 2.74. The number of hydrogen-bond donors (Lipinski definition) is 1. The number of aromatic amines is 1. The van der Waals surface area contributed by atoms with Crippen molar-refractivity contribution in [1.29, 1.82) is 10.5 Å². The number of ether oxygens (including phenoxy) is 1. The van der Waals surface area contributed by atoms with Gasteiger partial charge in [0.2, 0.25) is 0 Å². The van der Waals surface area contributed by atoms with Crippen molar-refractivity contribution in [2.45, 2.75) is 6.36 Å². The summed E-state index contributed by atoms with van der Waals surface area (Å²) in [5, 5.41) is 18.0. The van der Waals surface area contributed by atoms with Crippen molar-refractivity contribution in [1.82, 2.24) is 4.98 Å². The zero-order valence-corrected chi connectivity index (χ0v) is 11.7. The Hall–Kier alpha value is -2.45. The normalized spacial score (nSPS) is 10.8. The fraction of sp³-hybridized carbons (Fsp3) is 0.0769. The number of H-pyrrole nitrogens is 1. The molecule has 1 heterocycles. The Balaban J connectivity index is 2.41. The molecule has 0 unspecified atom stereocenters. The zero-order valence-electron chi connectivity index (χ0n) is 10.1. The highest BCUT2D eigenvalue weighted by molar-refractivity contribution is 9.10. The summed E-state index contributed by atoms with van der Waals surface area (Å²) in [6.45, 7) is 0. The second kappa shape index (κ2) is 5.51. The highest BCUT2D eigenvalue weighted by Crippen LogP contribution is 2.32. The van der Waals surface area contributed by atoms with E-state index in [4.69, 9.17) is 10.5 Å². The molecule has 0 aliphatic rings. The molecule has 8 heteroatoms. The molecule has 0 saturated carbocycles. The quantitative estimate of drug-likeness (QED) is 0.881. The van der Waals surface area contributed by atoms with Gasteiger partial charge in [0.1, 0.15) is 23.6 Å². The van der Waals surface area contributed by atoms with Crippen molar-refractivity contribution in [2.75, 3.05) is 0 Å². The van der Waals surface area contributed by atoms with Crippen LogP contribution in [-0.4, -0.2) is 11.3 Å². The van der Waals surface area contributed by atoms with Gasteiger partial charge in [-0.3, -0.25) is 0 Å². The third-order valence-corrected chi connectivity index (χ3v) is 3.33. The van der Waals surface area contributed by atoms with E-state index in [1.165, 1.54) is 12.1 Å². The highest BCUT2D eigenvalue weighted by atomic mass is 79.9. The van der Waals surface area contributed by atoms with Crippen LogP contribution < -0.4 is 4.74 Å². The van der Waals surface area contributed by atoms with Gasteiger partial charge >= 0.3 is 6.36 Å². The minimum Gasteiger partial charge on any atom is -0.406 e. The number of nitriles is 2. The van der Waals surface area contributed by atoms with E-state index in [0.29, 0.717) is 15.7 Å². The Morgan fingerprint density at radius 2 is 1.71 bits per heavy atom. The molecule has 1 N–H and O–H groups in total. The van der Waals surface area contributed by atoms with Gasteiger partial charge in [0.25, 0.3) is 0 Å². The van der Waals surface area contributed by atoms with Crippen LogP contribution in [0.1, 0.15) is 11.3 Å². The van der Waals surface area contributed by atoms with E-state index < -0.39 is 6.36 Å². The van der Waals surface area contributed by atoms with Crippen molar-refractivity contribution in [3.63, 3.8) is 0 Å². The minimum absolute atomic E-state index is 0.164. The number of halogens is 4. The van der Waals surface area contributed by atoms with E-state index in [-0.39, 0.29) is 17.0 Å². The van der Waals surface area contributed by atoms with Crippen molar-refractivity contribution >= 4 is 15.9 Å². The summed E-state index contributed by atoms with van der Waals surface area (Å²) in [4.78, 5) is 2.74. The minimum atomic E-state index is -4.76. The van der Waals surface area contributed by atoms with E-state index in [0.717, 1.165) is 12.1 Å². The summed E-state index contributed by atoms with van der Waals surface area (Å²) >= 11 is 3.12. The van der Waals surface area contributed by atoms with Crippen molar-refractivity contribution in [2.24, 2.45) is 0 Å². The second-order valence-electron chi connectivity index (χ2n) is 3.86. The smallest absolute Gasteiger partial charge is 0.406 e. The third-order valence-electron chi connectivity index (χ3n) is 2.54. The molecule has 2 rings (SSSR count). The van der Waals surface area contributed by atoms with Gasteiger partial charge in [-0.1, -0.05) is 0 Å². The van der Waals surface area contributed by atoms with Crippen LogP contribution in [0.5, 0.6) is 5.75 Å². The van der Waals surface area contributed by atoms with Gasteiger partial charge in [-0.2, -0.15) is 10.5 Å². The average molecular weight is 356 g/mol. The summed E-state index contributed by atoms with van der Waals surface area (Å²) in [5.74, 6) is -0.365. The first kappa shape index (κ1) is 14.9. The lowest BCUT2D eigenvalue weighted by atomic mass is 10.1. The molecule has 1 aromatic heterocycles. The molecule has 0 radical (unpaired) electrons. The first-order valence-corrected chi connectivity index (χ1v) is 6.23. The Morgan fingerprint density at radius 3 is 2.19 bits per heavy atom. The number of benzene rings is 1. The molecule has 0 amide bonds. The van der Waals surface area contributed by atoms with Crippen molar-refractivity contribution < 1.29 is 17.9 Å². The zero-order chi connectivity index (χ0) is 15.6. The van der Waals surface area contributed by atoms with Gasteiger partial charge in [-0.15, -0.1) is 13.2 Å². The molecule has 4 nitrogen and oxygen atoms in total. The topological polar surface area (TPSA) is 72.6 Å². The molecule has 0 bridgehead atoms. The van der Waals surface area contributed by atoms with Gasteiger partial charge < -0.3 is 9.72 Å². The lowest BCUT2D eigenvalue weighted by Crippen LogP contribution is -2.16. The molecule has 21 heavy (non-hydrogen) atoms. The highest BCUT2D eigenvalue weighted by Gasteiger charge is 2.31. The summed E-state index contributed by atoms with van der Waals surface area (Å²) in [7, 11) is 0. The van der Waals surface area contributed by atoms with Crippen LogP contribution in [0.15, 0.2) is 28.7 Å². The SMILES string of the molecule is N#Cc1[nH]c(-c2ccc(OC(F)(F)F)cc2)c(C#N)c1Br. The number of alkyl halides is 3. The van der Waals surface area contributed by atoms with Crippen LogP contribution in [0, 0.1) is 22.7 Å². The molecule has 0 spiro atoms. The van der Waals surface area contributed by atoms with Crippen LogP contribution in [0.4, 0.5) is 13.2 Å². The largest absolute Gasteiger partial charge is 0.573 e. The first-order valence-electron chi connectivity index (χ1n) is 5.43. The molecule has 1 aromatic carbocycles. The molecular weight excluding hydrogens is 351 g/mol. The van der Waals surface area contributed by atoms with Gasteiger partial charge in [0.05, 0.1) is 15.7 Å². The fourth-order valence-corrected chi connectivity index (χ4v) is 2.17. The second-order valence-corrected chi connectivity index (χ2v) is 4.65. The van der Waals surface area contributed by atoms with E-state index in [9.17, 15) is 13.2 Å². The van der Waals surface area contributed by atoms with Crippen LogP contribution >= 0.6 is 15.9 Å². The molecule has 0 atom stereocenters. The van der Waals surface area contributed by atoms with Crippen LogP contribution in [0.3, 0.4) is 0 Å². The maximum atomic E-state index is 12.1. The molecule has 2 aromatic rings. The van der Waals surface area contributed by atoms with Gasteiger partial charge in [-0.25, -0.2) is 0 Å². The predicted octanol–water partition coefficient (Wildman–Crippen LogP) is 4.09. The fourth-order valence-electron chi connectivity index (χ4n) is 1.70. The Morgan fingerprint density at radius 1 is 1.10 bits per heavy atom. The van der Waals surface area contributed by atoms with E-state index in [2.05, 4.69) is 25.7 Å². The Kier molecular flexibility index (Phi) is 3.92. The van der Waals surface area contributed by atoms with Crippen LogP contribution in [-0.2, 0) is 0 Å². The van der Waals surface area contributed by atoms with Crippen molar-refractivity contribution in [3.05, 3.63) is 40.0 Å². The molecule has 0 aliphatic heterocycles. The monoisotopic (exact) mass is 355 g/mol. The number of nitrogens with one attached hydrogen (secondary N) is 1. The molecule has 0 saturated heterocycles.